The number of benzene rings is 1. The SMILES string of the molecule is O=C(Cc1cccs1)NC[C@H]1CCN(c2ccccc2)C1. The number of hydrogen-bond acceptors (Lipinski definition) is 3. The molecule has 2 heterocycles. The van der Waals surface area contributed by atoms with E-state index in [0.29, 0.717) is 12.3 Å². The van der Waals surface area contributed by atoms with Crippen molar-refractivity contribution in [1.82, 2.24) is 5.32 Å². The summed E-state index contributed by atoms with van der Waals surface area (Å²) in [5.41, 5.74) is 1.28. The summed E-state index contributed by atoms with van der Waals surface area (Å²) in [7, 11) is 0. The first-order valence-corrected chi connectivity index (χ1v) is 8.28. The van der Waals surface area contributed by atoms with Crippen LogP contribution in [0.15, 0.2) is 47.8 Å². The van der Waals surface area contributed by atoms with Crippen LogP contribution in [-0.4, -0.2) is 25.5 Å². The van der Waals surface area contributed by atoms with Crippen LogP contribution in [0, 0.1) is 5.92 Å². The van der Waals surface area contributed by atoms with Crippen LogP contribution in [0.5, 0.6) is 0 Å². The van der Waals surface area contributed by atoms with Gasteiger partial charge in [-0.2, -0.15) is 0 Å². The number of rotatable bonds is 5. The Labute approximate surface area is 129 Å². The third kappa shape index (κ3) is 3.85. The summed E-state index contributed by atoms with van der Waals surface area (Å²) in [6.45, 7) is 2.90. The topological polar surface area (TPSA) is 32.3 Å². The first-order valence-electron chi connectivity index (χ1n) is 7.40. The smallest absolute Gasteiger partial charge is 0.225 e. The predicted molar refractivity (Wildman–Crippen MR) is 87.8 cm³/mol. The Morgan fingerprint density at radius 3 is 2.86 bits per heavy atom. The molecule has 1 aliphatic heterocycles. The van der Waals surface area contributed by atoms with Gasteiger partial charge < -0.3 is 10.2 Å². The Hall–Kier alpha value is -1.81. The minimum atomic E-state index is 0.135. The Bertz CT molecular complexity index is 568. The van der Waals surface area contributed by atoms with Crippen molar-refractivity contribution in [3.63, 3.8) is 0 Å². The maximum absolute atomic E-state index is 11.9. The van der Waals surface area contributed by atoms with Crippen molar-refractivity contribution in [2.45, 2.75) is 12.8 Å². The lowest BCUT2D eigenvalue weighted by molar-refractivity contribution is -0.120. The van der Waals surface area contributed by atoms with E-state index >= 15 is 0 Å². The average Bonchev–Trinajstić information content (AvgIpc) is 3.17. The van der Waals surface area contributed by atoms with E-state index in [1.165, 1.54) is 5.69 Å². The zero-order valence-electron chi connectivity index (χ0n) is 12.0. The molecular formula is C17H20N2OS. The second-order valence-corrected chi connectivity index (χ2v) is 6.53. The number of nitrogens with zero attached hydrogens (tertiary/aromatic N) is 1. The molecule has 1 aliphatic rings. The molecule has 4 heteroatoms. The zero-order chi connectivity index (χ0) is 14.5. The predicted octanol–water partition coefficient (Wildman–Crippen LogP) is 2.93. The van der Waals surface area contributed by atoms with Crippen LogP contribution in [0.3, 0.4) is 0 Å². The number of nitrogens with one attached hydrogen (secondary N) is 1. The molecule has 21 heavy (non-hydrogen) atoms. The second-order valence-electron chi connectivity index (χ2n) is 5.50. The zero-order valence-corrected chi connectivity index (χ0v) is 12.8. The van der Waals surface area contributed by atoms with Crippen LogP contribution in [0.4, 0.5) is 5.69 Å². The van der Waals surface area contributed by atoms with Crippen molar-refractivity contribution in [3.05, 3.63) is 52.7 Å². The minimum absolute atomic E-state index is 0.135. The van der Waals surface area contributed by atoms with Gasteiger partial charge in [-0.25, -0.2) is 0 Å². The normalized spacial score (nSPS) is 17.9. The van der Waals surface area contributed by atoms with Crippen molar-refractivity contribution < 1.29 is 4.79 Å². The Kier molecular flexibility index (Phi) is 4.55. The van der Waals surface area contributed by atoms with Crippen LogP contribution in [-0.2, 0) is 11.2 Å². The highest BCUT2D eigenvalue weighted by Gasteiger charge is 2.22. The molecule has 1 saturated heterocycles. The molecule has 2 aromatic rings. The molecule has 110 valence electrons. The van der Waals surface area contributed by atoms with E-state index in [0.717, 1.165) is 30.9 Å². The molecule has 1 amide bonds. The van der Waals surface area contributed by atoms with Crippen LogP contribution in [0.25, 0.3) is 0 Å². The lowest BCUT2D eigenvalue weighted by Gasteiger charge is -2.18. The van der Waals surface area contributed by atoms with Crippen molar-refractivity contribution in [3.8, 4) is 0 Å². The fourth-order valence-corrected chi connectivity index (χ4v) is 3.47. The third-order valence-corrected chi connectivity index (χ3v) is 4.79. The summed E-state index contributed by atoms with van der Waals surface area (Å²) in [6.07, 6.45) is 1.65. The molecule has 1 atom stereocenters. The van der Waals surface area contributed by atoms with Gasteiger partial charge in [0.05, 0.1) is 6.42 Å². The highest BCUT2D eigenvalue weighted by Crippen LogP contribution is 2.22. The molecule has 3 nitrogen and oxygen atoms in total. The summed E-state index contributed by atoms with van der Waals surface area (Å²) in [4.78, 5) is 15.4. The van der Waals surface area contributed by atoms with Crippen molar-refractivity contribution in [2.24, 2.45) is 5.92 Å². The quantitative estimate of drug-likeness (QED) is 0.921. The average molecular weight is 300 g/mol. The number of hydrogen-bond donors (Lipinski definition) is 1. The van der Waals surface area contributed by atoms with Crippen LogP contribution in [0.2, 0.25) is 0 Å². The van der Waals surface area contributed by atoms with Crippen molar-refractivity contribution >= 4 is 22.9 Å². The molecule has 3 rings (SSSR count). The van der Waals surface area contributed by atoms with E-state index in [4.69, 9.17) is 0 Å². The summed E-state index contributed by atoms with van der Waals surface area (Å²) < 4.78 is 0. The van der Waals surface area contributed by atoms with Gasteiger partial charge in [0, 0.05) is 30.2 Å². The third-order valence-electron chi connectivity index (χ3n) is 3.91. The van der Waals surface area contributed by atoms with E-state index in [1.54, 1.807) is 11.3 Å². The molecule has 0 spiro atoms. The van der Waals surface area contributed by atoms with Crippen molar-refractivity contribution in [1.29, 1.82) is 0 Å². The first-order chi connectivity index (χ1) is 10.3. The standard InChI is InChI=1S/C17H20N2OS/c20-17(11-16-7-4-10-21-16)18-12-14-8-9-19(13-14)15-5-2-1-3-6-15/h1-7,10,14H,8-9,11-13H2,(H,18,20)/t14-/m1/s1. The fraction of sp³-hybridized carbons (Fsp3) is 0.353. The van der Waals surface area contributed by atoms with Gasteiger partial charge in [0.1, 0.15) is 0 Å². The molecule has 0 aliphatic carbocycles. The van der Waals surface area contributed by atoms with Gasteiger partial charge in [0.15, 0.2) is 0 Å². The molecule has 1 aromatic heterocycles. The monoisotopic (exact) mass is 300 g/mol. The fourth-order valence-electron chi connectivity index (χ4n) is 2.76. The highest BCUT2D eigenvalue weighted by molar-refractivity contribution is 7.10. The second kappa shape index (κ2) is 6.76. The summed E-state index contributed by atoms with van der Waals surface area (Å²) in [5, 5.41) is 5.09. The largest absolute Gasteiger partial charge is 0.371 e. The van der Waals surface area contributed by atoms with Crippen LogP contribution >= 0.6 is 11.3 Å². The van der Waals surface area contributed by atoms with E-state index in [1.807, 2.05) is 23.6 Å². The van der Waals surface area contributed by atoms with Crippen molar-refractivity contribution in [2.75, 3.05) is 24.5 Å². The van der Waals surface area contributed by atoms with E-state index in [2.05, 4.69) is 34.5 Å². The maximum atomic E-state index is 11.9. The van der Waals surface area contributed by atoms with Gasteiger partial charge in [0.25, 0.3) is 0 Å². The van der Waals surface area contributed by atoms with Gasteiger partial charge in [-0.05, 0) is 35.9 Å². The highest BCUT2D eigenvalue weighted by atomic mass is 32.1. The Morgan fingerprint density at radius 2 is 2.10 bits per heavy atom. The number of para-hydroxylation sites is 1. The number of thiophene rings is 1. The maximum Gasteiger partial charge on any atom is 0.225 e. The Morgan fingerprint density at radius 1 is 1.24 bits per heavy atom. The van der Waals surface area contributed by atoms with Gasteiger partial charge >= 0.3 is 0 Å². The summed E-state index contributed by atoms with van der Waals surface area (Å²) >= 11 is 1.64. The van der Waals surface area contributed by atoms with E-state index < -0.39 is 0 Å². The molecule has 1 fully saturated rings. The van der Waals surface area contributed by atoms with Gasteiger partial charge in [-0.1, -0.05) is 24.3 Å². The molecule has 0 bridgehead atoms. The number of carbonyl (C=O) groups excluding carboxylic acids is 1. The Balaban J connectivity index is 1.44. The molecule has 1 N–H and O–H groups in total. The molecule has 0 unspecified atom stereocenters. The molecule has 0 saturated carbocycles. The number of anilines is 1. The first kappa shape index (κ1) is 14.1. The molecular weight excluding hydrogens is 280 g/mol. The molecule has 1 aromatic carbocycles. The summed E-state index contributed by atoms with van der Waals surface area (Å²) in [5.74, 6) is 0.688. The minimum Gasteiger partial charge on any atom is -0.371 e. The van der Waals surface area contributed by atoms with Crippen LogP contribution < -0.4 is 10.2 Å². The lowest BCUT2D eigenvalue weighted by Crippen LogP contribution is -2.31. The van der Waals surface area contributed by atoms with Gasteiger partial charge in [-0.3, -0.25) is 4.79 Å². The number of carbonyl (C=O) groups is 1. The van der Waals surface area contributed by atoms with Gasteiger partial charge in [-0.15, -0.1) is 11.3 Å². The van der Waals surface area contributed by atoms with E-state index in [9.17, 15) is 4.79 Å². The number of amides is 1. The lowest BCUT2D eigenvalue weighted by atomic mass is 10.1. The van der Waals surface area contributed by atoms with Gasteiger partial charge in [0.2, 0.25) is 5.91 Å². The van der Waals surface area contributed by atoms with E-state index in [-0.39, 0.29) is 5.91 Å². The summed E-state index contributed by atoms with van der Waals surface area (Å²) in [6, 6.07) is 14.5. The van der Waals surface area contributed by atoms with Crippen LogP contribution in [0.1, 0.15) is 11.3 Å². The molecule has 0 radical (unpaired) electrons.